The van der Waals surface area contributed by atoms with Crippen LogP contribution in [0.15, 0.2) is 0 Å². The van der Waals surface area contributed by atoms with Gasteiger partial charge in [-0.3, -0.25) is 0 Å². The van der Waals surface area contributed by atoms with Crippen LogP contribution in [0.4, 0.5) is 0 Å². The molecule has 0 saturated heterocycles. The van der Waals surface area contributed by atoms with Gasteiger partial charge in [0, 0.05) is 0 Å². The van der Waals surface area contributed by atoms with Crippen molar-refractivity contribution in [1.82, 2.24) is 0 Å². The van der Waals surface area contributed by atoms with Crippen molar-refractivity contribution in [3.05, 3.63) is 6.92 Å². The summed E-state index contributed by atoms with van der Waals surface area (Å²) in [6.07, 6.45) is 3.65. The van der Waals surface area contributed by atoms with Crippen LogP contribution in [0.3, 0.4) is 0 Å². The molecule has 0 atom stereocenters. The van der Waals surface area contributed by atoms with E-state index in [9.17, 15) is 0 Å². The Morgan fingerprint density at radius 3 is 2.00 bits per heavy atom. The lowest BCUT2D eigenvalue weighted by atomic mass is 10.3. The molecule has 0 aliphatic heterocycles. The van der Waals surface area contributed by atoms with Crippen molar-refractivity contribution >= 4 is 0 Å². The molecule has 0 bridgehead atoms. The minimum Gasteiger partial charge on any atom is -0.412 e. The predicted octanol–water partition coefficient (Wildman–Crippen LogP) is 1.19. The van der Waals surface area contributed by atoms with Crippen molar-refractivity contribution in [3.63, 3.8) is 0 Å². The van der Waals surface area contributed by atoms with Gasteiger partial charge in [-0.2, -0.15) is 0 Å². The summed E-state index contributed by atoms with van der Waals surface area (Å²) in [4.78, 5) is 0. The normalized spacial score (nSPS) is 7.00. The molecule has 0 aliphatic rings. The molecule has 1 heteroatoms. The highest BCUT2D eigenvalue weighted by atomic mass is 16.0. The van der Waals surface area contributed by atoms with Gasteiger partial charge in [-0.05, 0) is 0 Å². The van der Waals surface area contributed by atoms with E-state index in [1.54, 1.807) is 0 Å². The van der Waals surface area contributed by atoms with Gasteiger partial charge in [-0.25, -0.2) is 0 Å². The summed E-state index contributed by atoms with van der Waals surface area (Å²) < 4.78 is 0. The summed E-state index contributed by atoms with van der Waals surface area (Å²) in [6.45, 7) is 5.85. The Kier molecular flexibility index (Phi) is 13.8. The fourth-order valence-corrected chi connectivity index (χ4v) is 0.250. The summed E-state index contributed by atoms with van der Waals surface area (Å²) in [6, 6.07) is 0. The molecule has 0 aromatic heterocycles. The molecule has 39 valence electrons. The van der Waals surface area contributed by atoms with Crippen LogP contribution >= 0.6 is 0 Å². The first-order valence-corrected chi connectivity index (χ1v) is 2.21. The van der Waals surface area contributed by atoms with Crippen molar-refractivity contribution in [3.8, 4) is 0 Å². The molecule has 0 unspecified atom stereocenters. The fraction of sp³-hybridized carbons (Fsp3) is 0.800. The van der Waals surface area contributed by atoms with Crippen molar-refractivity contribution in [2.24, 2.45) is 0 Å². The zero-order chi connectivity index (χ0) is 4.12. The first kappa shape index (κ1) is 9.35. The standard InChI is InChI=1S/C5H11.H2O/c1-3-5-4-2;/h1,3-5H2,2H3;1H2. The highest BCUT2D eigenvalue weighted by Gasteiger charge is 1.68. The molecule has 6 heavy (non-hydrogen) atoms. The summed E-state index contributed by atoms with van der Waals surface area (Å²) in [5.41, 5.74) is 0. The molecule has 0 amide bonds. The molecule has 1 nitrogen and oxygen atoms in total. The van der Waals surface area contributed by atoms with Crippen LogP contribution in [0.2, 0.25) is 0 Å². The molecular weight excluding hydrogens is 76.1 g/mol. The molecule has 0 aliphatic carbocycles. The van der Waals surface area contributed by atoms with E-state index in [2.05, 4.69) is 13.8 Å². The highest BCUT2D eigenvalue weighted by Crippen LogP contribution is 1.87. The van der Waals surface area contributed by atoms with E-state index >= 15 is 0 Å². The Balaban J connectivity index is 0. The molecule has 0 rings (SSSR count). The minimum atomic E-state index is 0. The molecule has 0 fully saturated rings. The van der Waals surface area contributed by atoms with E-state index in [4.69, 9.17) is 0 Å². The molecule has 1 radical (unpaired) electrons. The van der Waals surface area contributed by atoms with Crippen molar-refractivity contribution < 1.29 is 5.48 Å². The SMILES string of the molecule is O.[CH2]CCCC. The van der Waals surface area contributed by atoms with Crippen LogP contribution in [-0.4, -0.2) is 5.48 Å². The average molecular weight is 89.2 g/mol. The maximum atomic E-state index is 3.68. The maximum absolute atomic E-state index is 3.68. The fourth-order valence-electron chi connectivity index (χ4n) is 0.250. The van der Waals surface area contributed by atoms with Crippen LogP contribution < -0.4 is 0 Å². The van der Waals surface area contributed by atoms with Gasteiger partial charge in [0.15, 0.2) is 0 Å². The van der Waals surface area contributed by atoms with E-state index in [0.29, 0.717) is 0 Å². The third-order valence-electron chi connectivity index (χ3n) is 0.604. The topological polar surface area (TPSA) is 31.5 Å². The summed E-state index contributed by atoms with van der Waals surface area (Å²) in [5, 5.41) is 0. The first-order chi connectivity index (χ1) is 2.41. The van der Waals surface area contributed by atoms with Crippen LogP contribution in [0, 0.1) is 6.92 Å². The van der Waals surface area contributed by atoms with E-state index in [1.807, 2.05) is 0 Å². The van der Waals surface area contributed by atoms with Crippen LogP contribution in [-0.2, 0) is 0 Å². The lowest BCUT2D eigenvalue weighted by Gasteiger charge is -1.79. The van der Waals surface area contributed by atoms with Gasteiger partial charge in [0.25, 0.3) is 0 Å². The van der Waals surface area contributed by atoms with Gasteiger partial charge in [0.1, 0.15) is 0 Å². The number of rotatable bonds is 2. The maximum Gasteiger partial charge on any atom is -0.0533 e. The number of hydrogen-bond donors (Lipinski definition) is 0. The largest absolute Gasteiger partial charge is 0.412 e. The second kappa shape index (κ2) is 8.88. The van der Waals surface area contributed by atoms with Gasteiger partial charge in [0.2, 0.25) is 0 Å². The Labute approximate surface area is 39.7 Å². The van der Waals surface area contributed by atoms with E-state index in [-0.39, 0.29) is 5.48 Å². The molecule has 0 aromatic rings. The van der Waals surface area contributed by atoms with Crippen LogP contribution in [0.5, 0.6) is 0 Å². The van der Waals surface area contributed by atoms with Gasteiger partial charge in [-0.15, -0.1) is 0 Å². The summed E-state index contributed by atoms with van der Waals surface area (Å²) in [5.74, 6) is 0. The smallest absolute Gasteiger partial charge is 0.0533 e. The average Bonchev–Trinajstić information content (AvgIpc) is 1.41. The van der Waals surface area contributed by atoms with Crippen LogP contribution in [0.1, 0.15) is 26.2 Å². The van der Waals surface area contributed by atoms with E-state index in [0.717, 1.165) is 6.42 Å². The van der Waals surface area contributed by atoms with Crippen molar-refractivity contribution in [2.75, 3.05) is 0 Å². The zero-order valence-corrected chi connectivity index (χ0v) is 4.33. The monoisotopic (exact) mass is 89.1 g/mol. The Morgan fingerprint density at radius 1 is 1.50 bits per heavy atom. The van der Waals surface area contributed by atoms with Gasteiger partial charge in [0.05, 0.1) is 0 Å². The number of hydrogen-bond acceptors (Lipinski definition) is 0. The Hall–Kier alpha value is -0.0400. The number of unbranched alkanes of at least 4 members (excludes halogenated alkanes) is 2. The van der Waals surface area contributed by atoms with E-state index in [1.165, 1.54) is 12.8 Å². The van der Waals surface area contributed by atoms with Crippen molar-refractivity contribution in [1.29, 1.82) is 0 Å². The van der Waals surface area contributed by atoms with Crippen LogP contribution in [0.25, 0.3) is 0 Å². The second-order valence-electron chi connectivity index (χ2n) is 1.21. The second-order valence-corrected chi connectivity index (χ2v) is 1.21. The molecule has 0 spiro atoms. The third kappa shape index (κ3) is 9.03. The quantitative estimate of drug-likeness (QED) is 0.486. The zero-order valence-electron chi connectivity index (χ0n) is 4.33. The lowest BCUT2D eigenvalue weighted by molar-refractivity contribution is 0.813. The molecule has 0 aromatic carbocycles. The Bertz CT molecular complexity index is 11.4. The molecule has 0 saturated carbocycles. The van der Waals surface area contributed by atoms with Gasteiger partial charge in [-0.1, -0.05) is 33.1 Å². The van der Waals surface area contributed by atoms with Gasteiger partial charge >= 0.3 is 0 Å². The predicted molar refractivity (Wildman–Crippen MR) is 28.5 cm³/mol. The minimum absolute atomic E-state index is 0. The third-order valence-corrected chi connectivity index (χ3v) is 0.604. The lowest BCUT2D eigenvalue weighted by Crippen LogP contribution is -1.59. The highest BCUT2D eigenvalue weighted by molar-refractivity contribution is 4.35. The molecular formula is C5H13O. The summed E-state index contributed by atoms with van der Waals surface area (Å²) >= 11 is 0. The Morgan fingerprint density at radius 2 is 2.00 bits per heavy atom. The van der Waals surface area contributed by atoms with E-state index < -0.39 is 0 Å². The molecule has 2 N–H and O–H groups in total. The summed E-state index contributed by atoms with van der Waals surface area (Å²) in [7, 11) is 0. The van der Waals surface area contributed by atoms with Crippen molar-refractivity contribution in [2.45, 2.75) is 26.2 Å². The first-order valence-electron chi connectivity index (χ1n) is 2.21. The molecule has 0 heterocycles. The van der Waals surface area contributed by atoms with Gasteiger partial charge < -0.3 is 5.48 Å².